The average molecular weight is 467 g/mol. The van der Waals surface area contributed by atoms with Crippen molar-refractivity contribution in [2.75, 3.05) is 39.4 Å². The molecule has 0 radical (unpaired) electrons. The van der Waals surface area contributed by atoms with Crippen LogP contribution in [0.25, 0.3) is 0 Å². The van der Waals surface area contributed by atoms with Crippen molar-refractivity contribution in [3.8, 4) is 11.5 Å². The van der Waals surface area contributed by atoms with Crippen LogP contribution in [-0.4, -0.2) is 62.9 Å². The van der Waals surface area contributed by atoms with Gasteiger partial charge in [0.2, 0.25) is 0 Å². The Labute approximate surface area is 188 Å². The number of nitrogens with zero attached hydrogens (tertiary/aromatic N) is 2. The summed E-state index contributed by atoms with van der Waals surface area (Å²) in [5, 5.41) is 0. The van der Waals surface area contributed by atoms with Crippen molar-refractivity contribution in [2.45, 2.75) is 37.8 Å². The average Bonchev–Trinajstić information content (AvgIpc) is 3.23. The van der Waals surface area contributed by atoms with Crippen LogP contribution in [-0.2, 0) is 10.0 Å². The summed E-state index contributed by atoms with van der Waals surface area (Å²) in [4.78, 5) is 15.7. The zero-order valence-electron chi connectivity index (χ0n) is 18.3. The summed E-state index contributed by atoms with van der Waals surface area (Å²) in [5.74, 6) is 1.07. The van der Waals surface area contributed by atoms with Crippen LogP contribution in [0.2, 0.25) is 0 Å². The van der Waals surface area contributed by atoms with Gasteiger partial charge in [-0.2, -0.15) is 4.31 Å². The van der Waals surface area contributed by atoms with Crippen molar-refractivity contribution in [1.29, 1.82) is 0 Å². The van der Waals surface area contributed by atoms with Gasteiger partial charge in [0.05, 0.1) is 13.2 Å². The molecule has 1 aromatic carbocycles. The molecule has 0 N–H and O–H groups in total. The van der Waals surface area contributed by atoms with E-state index < -0.39 is 10.0 Å². The molecule has 0 spiro atoms. The van der Waals surface area contributed by atoms with Crippen LogP contribution >= 0.6 is 11.3 Å². The van der Waals surface area contributed by atoms with E-state index in [4.69, 9.17) is 9.47 Å². The van der Waals surface area contributed by atoms with E-state index in [1.54, 1.807) is 29.2 Å². The Kier molecular flexibility index (Phi) is 7.96. The molecular weight excluding hydrogens is 436 g/mol. The fourth-order valence-electron chi connectivity index (χ4n) is 3.29. The van der Waals surface area contributed by atoms with Crippen LogP contribution in [0.5, 0.6) is 11.5 Å². The van der Waals surface area contributed by atoms with E-state index in [9.17, 15) is 13.2 Å². The first kappa shape index (κ1) is 23.6. The summed E-state index contributed by atoms with van der Waals surface area (Å²) in [6, 6.07) is 8.69. The summed E-state index contributed by atoms with van der Waals surface area (Å²) in [6.45, 7) is 8.32. The monoisotopic (exact) mass is 466 g/mol. The third-order valence-electron chi connectivity index (χ3n) is 4.95. The minimum Gasteiger partial charge on any atom is -0.490 e. The molecule has 2 heterocycles. The zero-order valence-corrected chi connectivity index (χ0v) is 19.9. The summed E-state index contributed by atoms with van der Waals surface area (Å²) in [6.07, 6.45) is 1.73. The summed E-state index contributed by atoms with van der Waals surface area (Å²) >= 11 is 1.27. The van der Waals surface area contributed by atoms with Gasteiger partial charge < -0.3 is 14.4 Å². The van der Waals surface area contributed by atoms with Crippen LogP contribution in [0.4, 0.5) is 0 Å². The molecule has 2 aromatic rings. The fraction of sp³-hybridized carbons (Fsp3) is 0.500. The van der Waals surface area contributed by atoms with Gasteiger partial charge in [-0.05, 0) is 50.1 Å². The maximum atomic E-state index is 13.0. The molecule has 1 amide bonds. The van der Waals surface area contributed by atoms with Crippen LogP contribution in [0.3, 0.4) is 0 Å². The number of rotatable bonds is 9. The Morgan fingerprint density at radius 1 is 0.968 bits per heavy atom. The second kappa shape index (κ2) is 10.5. The van der Waals surface area contributed by atoms with Gasteiger partial charge in [0, 0.05) is 36.6 Å². The number of carbonyl (C=O) groups is 1. The molecule has 0 bridgehead atoms. The Morgan fingerprint density at radius 3 is 2.19 bits per heavy atom. The van der Waals surface area contributed by atoms with E-state index in [-0.39, 0.29) is 19.0 Å². The van der Waals surface area contributed by atoms with Crippen molar-refractivity contribution >= 4 is 27.3 Å². The Balaban J connectivity index is 1.68. The van der Waals surface area contributed by atoms with Crippen molar-refractivity contribution in [2.24, 2.45) is 0 Å². The van der Waals surface area contributed by atoms with Crippen LogP contribution in [0.15, 0.2) is 34.5 Å². The van der Waals surface area contributed by atoms with Crippen LogP contribution in [0, 0.1) is 6.92 Å². The number of ether oxygens (including phenoxy) is 2. The lowest BCUT2D eigenvalue weighted by molar-refractivity contribution is 0.0697. The van der Waals surface area contributed by atoms with Gasteiger partial charge in [0.1, 0.15) is 4.21 Å². The first-order chi connectivity index (χ1) is 14.9. The molecule has 3 rings (SSSR count). The molecule has 0 aliphatic carbocycles. The van der Waals surface area contributed by atoms with Gasteiger partial charge in [-0.25, -0.2) is 8.42 Å². The van der Waals surface area contributed by atoms with Crippen LogP contribution < -0.4 is 9.47 Å². The molecule has 170 valence electrons. The summed E-state index contributed by atoms with van der Waals surface area (Å²) < 4.78 is 39.0. The van der Waals surface area contributed by atoms with E-state index in [1.807, 2.05) is 26.8 Å². The molecule has 31 heavy (non-hydrogen) atoms. The number of hydrogen-bond acceptors (Lipinski definition) is 6. The normalized spacial score (nSPS) is 15.1. The van der Waals surface area contributed by atoms with Gasteiger partial charge in [-0.3, -0.25) is 4.79 Å². The van der Waals surface area contributed by atoms with Gasteiger partial charge in [0.15, 0.2) is 11.5 Å². The summed E-state index contributed by atoms with van der Waals surface area (Å²) in [7, 11) is -3.51. The first-order valence-corrected chi connectivity index (χ1v) is 12.9. The zero-order chi connectivity index (χ0) is 22.4. The molecule has 1 aromatic heterocycles. The van der Waals surface area contributed by atoms with Gasteiger partial charge in [0.25, 0.3) is 15.9 Å². The number of hydrogen-bond donors (Lipinski definition) is 0. The Bertz CT molecular complexity index is 995. The quantitative estimate of drug-likeness (QED) is 0.562. The van der Waals surface area contributed by atoms with E-state index in [0.717, 1.165) is 17.7 Å². The largest absolute Gasteiger partial charge is 0.490 e. The molecule has 0 atom stereocenters. The number of carbonyl (C=O) groups excluding carboxylic acids is 1. The van der Waals surface area contributed by atoms with Gasteiger partial charge in [-0.15, -0.1) is 11.3 Å². The molecular formula is C22H30N2O5S2. The predicted octanol–water partition coefficient (Wildman–Crippen LogP) is 3.78. The Hall–Kier alpha value is -2.10. The van der Waals surface area contributed by atoms with Gasteiger partial charge in [-0.1, -0.05) is 13.8 Å². The first-order valence-electron chi connectivity index (χ1n) is 10.6. The highest BCUT2D eigenvalue weighted by atomic mass is 32.2. The van der Waals surface area contributed by atoms with Crippen molar-refractivity contribution < 1.29 is 22.7 Å². The molecule has 1 fully saturated rings. The fourth-order valence-corrected chi connectivity index (χ4v) is 6.15. The molecule has 0 unspecified atom stereocenters. The lowest BCUT2D eigenvalue weighted by Crippen LogP contribution is -2.50. The maximum absolute atomic E-state index is 13.0. The highest BCUT2D eigenvalue weighted by Gasteiger charge is 2.31. The third kappa shape index (κ3) is 5.58. The molecule has 0 saturated carbocycles. The number of aryl methyl sites for hydroxylation is 1. The Morgan fingerprint density at radius 2 is 1.61 bits per heavy atom. The smallest absolute Gasteiger partial charge is 0.254 e. The van der Waals surface area contributed by atoms with Crippen molar-refractivity contribution in [1.82, 2.24) is 9.21 Å². The van der Waals surface area contributed by atoms with Crippen molar-refractivity contribution in [3.05, 3.63) is 40.8 Å². The second-order valence-electron chi connectivity index (χ2n) is 7.42. The predicted molar refractivity (Wildman–Crippen MR) is 122 cm³/mol. The number of benzene rings is 1. The van der Waals surface area contributed by atoms with E-state index in [0.29, 0.717) is 47.6 Å². The highest BCUT2D eigenvalue weighted by Crippen LogP contribution is 2.30. The molecule has 7 nitrogen and oxygen atoms in total. The van der Waals surface area contributed by atoms with Crippen LogP contribution in [0.1, 0.15) is 41.9 Å². The lowest BCUT2D eigenvalue weighted by atomic mass is 10.1. The topological polar surface area (TPSA) is 76.2 Å². The molecule has 1 aliphatic rings. The minimum absolute atomic E-state index is 0.132. The van der Waals surface area contributed by atoms with Gasteiger partial charge >= 0.3 is 0 Å². The SMILES string of the molecule is CCCOc1ccc(C(=O)N2CCN(S(=O)(=O)c3ccc(C)s3)CC2)cc1OCCC. The number of piperazine rings is 1. The summed E-state index contributed by atoms with van der Waals surface area (Å²) in [5.41, 5.74) is 0.514. The number of sulfonamides is 1. The standard InChI is InChI=1S/C22H30N2O5S2/c1-4-14-28-19-8-7-18(16-20(19)29-15-5-2)22(25)23-10-12-24(13-11-23)31(26,27)21-9-6-17(3)30-21/h6-9,16H,4-5,10-15H2,1-3H3. The van der Waals surface area contributed by atoms with E-state index in [1.165, 1.54) is 15.6 Å². The highest BCUT2D eigenvalue weighted by molar-refractivity contribution is 7.91. The second-order valence-corrected chi connectivity index (χ2v) is 10.9. The van der Waals surface area contributed by atoms with E-state index in [2.05, 4.69) is 0 Å². The third-order valence-corrected chi connectivity index (χ3v) is 8.32. The molecule has 9 heteroatoms. The maximum Gasteiger partial charge on any atom is 0.254 e. The molecule has 1 saturated heterocycles. The van der Waals surface area contributed by atoms with Crippen molar-refractivity contribution in [3.63, 3.8) is 0 Å². The molecule has 1 aliphatic heterocycles. The lowest BCUT2D eigenvalue weighted by Gasteiger charge is -2.33. The minimum atomic E-state index is -3.51. The number of amides is 1. The van der Waals surface area contributed by atoms with E-state index >= 15 is 0 Å². The number of thiophene rings is 1.